The maximum absolute atomic E-state index is 11.6. The molecule has 3 heterocycles. The van der Waals surface area contributed by atoms with Crippen LogP contribution in [0.25, 0.3) is 0 Å². The molecule has 20 heavy (non-hydrogen) atoms. The number of carbonyl (C=O) groups excluding carboxylic acids is 1. The Labute approximate surface area is 118 Å². The minimum absolute atomic E-state index is 0.291. The van der Waals surface area contributed by atoms with E-state index in [9.17, 15) is 4.79 Å². The Morgan fingerprint density at radius 1 is 1.45 bits per heavy atom. The summed E-state index contributed by atoms with van der Waals surface area (Å²) >= 11 is 0. The van der Waals surface area contributed by atoms with Gasteiger partial charge in [-0.15, -0.1) is 0 Å². The van der Waals surface area contributed by atoms with Crippen molar-refractivity contribution < 1.29 is 14.3 Å². The highest BCUT2D eigenvalue weighted by Gasteiger charge is 2.39. The SMILES string of the molecule is COC(=O)c1cncc(N2CCC3(CCCOC3)C2)c1. The molecule has 2 aliphatic rings. The molecule has 1 unspecified atom stereocenters. The Balaban J connectivity index is 1.75. The summed E-state index contributed by atoms with van der Waals surface area (Å²) in [6.07, 6.45) is 6.89. The number of hydrogen-bond acceptors (Lipinski definition) is 5. The second kappa shape index (κ2) is 5.40. The zero-order valence-corrected chi connectivity index (χ0v) is 11.8. The van der Waals surface area contributed by atoms with Crippen LogP contribution in [0.2, 0.25) is 0 Å². The second-order valence-corrected chi connectivity index (χ2v) is 5.75. The van der Waals surface area contributed by atoms with Crippen LogP contribution in [0.5, 0.6) is 0 Å². The summed E-state index contributed by atoms with van der Waals surface area (Å²) in [5.74, 6) is -0.339. The summed E-state index contributed by atoms with van der Waals surface area (Å²) in [6.45, 7) is 3.73. The lowest BCUT2D eigenvalue weighted by Gasteiger charge is -2.33. The monoisotopic (exact) mass is 276 g/mol. The first-order valence-electron chi connectivity index (χ1n) is 7.09. The number of carbonyl (C=O) groups is 1. The van der Waals surface area contributed by atoms with Gasteiger partial charge >= 0.3 is 5.97 Å². The van der Waals surface area contributed by atoms with Crippen LogP contribution in [0.3, 0.4) is 0 Å². The number of aromatic nitrogens is 1. The van der Waals surface area contributed by atoms with E-state index in [4.69, 9.17) is 9.47 Å². The number of esters is 1. The number of hydrogen-bond donors (Lipinski definition) is 0. The number of methoxy groups -OCH3 is 1. The summed E-state index contributed by atoms with van der Waals surface area (Å²) in [7, 11) is 1.39. The fourth-order valence-corrected chi connectivity index (χ4v) is 3.22. The van der Waals surface area contributed by atoms with Crippen LogP contribution in [0, 0.1) is 5.41 Å². The largest absolute Gasteiger partial charge is 0.465 e. The summed E-state index contributed by atoms with van der Waals surface area (Å²) in [4.78, 5) is 18.0. The van der Waals surface area contributed by atoms with E-state index >= 15 is 0 Å². The molecule has 0 bridgehead atoms. The van der Waals surface area contributed by atoms with Crippen LogP contribution < -0.4 is 4.90 Å². The van der Waals surface area contributed by atoms with Gasteiger partial charge in [0.25, 0.3) is 0 Å². The maximum atomic E-state index is 11.6. The van der Waals surface area contributed by atoms with Gasteiger partial charge in [-0.05, 0) is 25.3 Å². The smallest absolute Gasteiger partial charge is 0.339 e. The summed E-state index contributed by atoms with van der Waals surface area (Å²) in [5, 5.41) is 0. The van der Waals surface area contributed by atoms with Crippen molar-refractivity contribution >= 4 is 11.7 Å². The van der Waals surface area contributed by atoms with Crippen molar-refractivity contribution in [3.05, 3.63) is 24.0 Å². The Morgan fingerprint density at radius 3 is 3.10 bits per heavy atom. The van der Waals surface area contributed by atoms with Gasteiger partial charge in [-0.1, -0.05) is 0 Å². The molecule has 1 aromatic rings. The number of rotatable bonds is 2. The fraction of sp³-hybridized carbons (Fsp3) is 0.600. The first kappa shape index (κ1) is 13.4. The predicted octanol–water partition coefficient (Wildman–Crippen LogP) is 1.88. The normalized spacial score (nSPS) is 25.9. The Morgan fingerprint density at radius 2 is 2.35 bits per heavy atom. The number of pyridine rings is 1. The molecular weight excluding hydrogens is 256 g/mol. The van der Waals surface area contributed by atoms with Gasteiger partial charge in [-0.2, -0.15) is 0 Å². The lowest BCUT2D eigenvalue weighted by Crippen LogP contribution is -2.35. The van der Waals surface area contributed by atoms with Crippen molar-refractivity contribution in [2.24, 2.45) is 5.41 Å². The molecule has 5 heteroatoms. The van der Waals surface area contributed by atoms with Crippen molar-refractivity contribution in [2.45, 2.75) is 19.3 Å². The average molecular weight is 276 g/mol. The zero-order chi connectivity index (χ0) is 14.0. The molecule has 0 aromatic carbocycles. The number of anilines is 1. The van der Waals surface area contributed by atoms with Gasteiger partial charge in [0.05, 0.1) is 31.2 Å². The van der Waals surface area contributed by atoms with Crippen LogP contribution in [-0.4, -0.2) is 44.4 Å². The van der Waals surface area contributed by atoms with E-state index in [-0.39, 0.29) is 5.97 Å². The molecule has 0 amide bonds. The van der Waals surface area contributed by atoms with Gasteiger partial charge < -0.3 is 14.4 Å². The second-order valence-electron chi connectivity index (χ2n) is 5.75. The first-order valence-corrected chi connectivity index (χ1v) is 7.09. The quantitative estimate of drug-likeness (QED) is 0.772. The molecule has 2 fully saturated rings. The molecule has 2 saturated heterocycles. The van der Waals surface area contributed by atoms with Crippen molar-refractivity contribution in [2.75, 3.05) is 38.3 Å². The highest BCUT2D eigenvalue weighted by Crippen LogP contribution is 2.39. The lowest BCUT2D eigenvalue weighted by molar-refractivity contribution is 0.00438. The highest BCUT2D eigenvalue weighted by molar-refractivity contribution is 5.90. The molecule has 5 nitrogen and oxygen atoms in total. The van der Waals surface area contributed by atoms with E-state index in [0.717, 1.165) is 44.8 Å². The van der Waals surface area contributed by atoms with Crippen LogP contribution in [-0.2, 0) is 9.47 Å². The third-order valence-corrected chi connectivity index (χ3v) is 4.35. The standard InChI is InChI=1S/C15H20N2O3/c1-19-14(18)12-7-13(9-16-8-12)17-5-4-15(10-17)3-2-6-20-11-15/h7-9H,2-6,10-11H2,1H3. The number of nitrogens with zero attached hydrogens (tertiary/aromatic N) is 2. The molecule has 0 saturated carbocycles. The molecule has 3 rings (SSSR count). The van der Waals surface area contributed by atoms with E-state index in [2.05, 4.69) is 9.88 Å². The highest BCUT2D eigenvalue weighted by atomic mass is 16.5. The van der Waals surface area contributed by atoms with Gasteiger partial charge in [-0.3, -0.25) is 4.98 Å². The van der Waals surface area contributed by atoms with Crippen molar-refractivity contribution in [1.82, 2.24) is 4.98 Å². The third kappa shape index (κ3) is 2.50. The van der Waals surface area contributed by atoms with E-state index < -0.39 is 0 Å². The number of ether oxygens (including phenoxy) is 2. The van der Waals surface area contributed by atoms with Gasteiger partial charge in [0.2, 0.25) is 0 Å². The summed E-state index contributed by atoms with van der Waals surface area (Å²) in [5.41, 5.74) is 1.79. The molecule has 108 valence electrons. The van der Waals surface area contributed by atoms with E-state index in [1.54, 1.807) is 6.20 Å². The minimum atomic E-state index is -0.339. The Kier molecular flexibility index (Phi) is 3.61. The molecule has 1 aromatic heterocycles. The zero-order valence-electron chi connectivity index (χ0n) is 11.8. The van der Waals surface area contributed by atoms with Gasteiger partial charge in [0.15, 0.2) is 0 Å². The van der Waals surface area contributed by atoms with Gasteiger partial charge in [-0.25, -0.2) is 4.79 Å². The van der Waals surface area contributed by atoms with Crippen molar-refractivity contribution in [3.8, 4) is 0 Å². The molecule has 0 N–H and O–H groups in total. The van der Waals surface area contributed by atoms with E-state index in [1.165, 1.54) is 13.5 Å². The van der Waals surface area contributed by atoms with Crippen molar-refractivity contribution in [3.63, 3.8) is 0 Å². The third-order valence-electron chi connectivity index (χ3n) is 4.35. The van der Waals surface area contributed by atoms with Crippen LogP contribution in [0.4, 0.5) is 5.69 Å². The van der Waals surface area contributed by atoms with Crippen LogP contribution in [0.15, 0.2) is 18.5 Å². The minimum Gasteiger partial charge on any atom is -0.465 e. The topological polar surface area (TPSA) is 51.7 Å². The van der Waals surface area contributed by atoms with Crippen LogP contribution >= 0.6 is 0 Å². The van der Waals surface area contributed by atoms with E-state index in [1.807, 2.05) is 12.3 Å². The molecule has 1 spiro atoms. The fourth-order valence-electron chi connectivity index (χ4n) is 3.22. The maximum Gasteiger partial charge on any atom is 0.339 e. The first-order chi connectivity index (χ1) is 9.72. The molecule has 2 aliphatic heterocycles. The van der Waals surface area contributed by atoms with Gasteiger partial charge in [0, 0.05) is 31.3 Å². The average Bonchev–Trinajstić information content (AvgIpc) is 2.91. The summed E-state index contributed by atoms with van der Waals surface area (Å²) in [6, 6.07) is 1.86. The molecular formula is C15H20N2O3. The van der Waals surface area contributed by atoms with Crippen molar-refractivity contribution in [1.29, 1.82) is 0 Å². The van der Waals surface area contributed by atoms with E-state index in [0.29, 0.717) is 11.0 Å². The van der Waals surface area contributed by atoms with Gasteiger partial charge in [0.1, 0.15) is 0 Å². The predicted molar refractivity (Wildman–Crippen MR) is 74.9 cm³/mol. The summed E-state index contributed by atoms with van der Waals surface area (Å²) < 4.78 is 10.4. The lowest BCUT2D eigenvalue weighted by atomic mass is 9.82. The Hall–Kier alpha value is -1.62. The molecule has 0 radical (unpaired) electrons. The van der Waals surface area contributed by atoms with Crippen LogP contribution in [0.1, 0.15) is 29.6 Å². The Bertz CT molecular complexity index is 498. The molecule has 1 atom stereocenters. The molecule has 0 aliphatic carbocycles.